The maximum Gasteiger partial charge on any atom is 0.328 e. The van der Waals surface area contributed by atoms with Crippen molar-refractivity contribution < 1.29 is 24.5 Å². The number of aliphatic carboxylic acids is 2. The first kappa shape index (κ1) is 20.2. The SMILES string of the molecule is O=C(O)/C=C/C(=O)O.c1ccc(-c2cc(OCCN3CCCC3)n[nH]2)cc1. The van der Waals surface area contributed by atoms with Crippen LogP contribution in [0.2, 0.25) is 0 Å². The number of hydrogen-bond donors (Lipinski definition) is 3. The zero-order valence-corrected chi connectivity index (χ0v) is 14.9. The number of nitrogens with one attached hydrogen (secondary N) is 1. The van der Waals surface area contributed by atoms with E-state index < -0.39 is 11.9 Å². The van der Waals surface area contributed by atoms with Crippen LogP contribution in [-0.2, 0) is 9.59 Å². The average Bonchev–Trinajstić information content (AvgIpc) is 3.33. The van der Waals surface area contributed by atoms with E-state index in [2.05, 4.69) is 27.2 Å². The van der Waals surface area contributed by atoms with Crippen molar-refractivity contribution in [2.75, 3.05) is 26.2 Å². The number of rotatable bonds is 7. The van der Waals surface area contributed by atoms with Gasteiger partial charge in [0.05, 0.1) is 5.69 Å². The van der Waals surface area contributed by atoms with Gasteiger partial charge in [-0.1, -0.05) is 30.3 Å². The van der Waals surface area contributed by atoms with E-state index in [4.69, 9.17) is 14.9 Å². The lowest BCUT2D eigenvalue weighted by molar-refractivity contribution is -0.134. The molecule has 1 fully saturated rings. The summed E-state index contributed by atoms with van der Waals surface area (Å²) in [6, 6.07) is 12.1. The van der Waals surface area contributed by atoms with Crippen LogP contribution < -0.4 is 4.74 Å². The van der Waals surface area contributed by atoms with Gasteiger partial charge in [0.2, 0.25) is 5.88 Å². The van der Waals surface area contributed by atoms with Crippen LogP contribution in [0.5, 0.6) is 5.88 Å². The number of nitrogens with zero attached hydrogens (tertiary/aromatic N) is 2. The van der Waals surface area contributed by atoms with Gasteiger partial charge in [-0.25, -0.2) is 9.59 Å². The van der Waals surface area contributed by atoms with E-state index in [1.165, 1.54) is 25.9 Å². The Kier molecular flexibility index (Phi) is 8.05. The fraction of sp³-hybridized carbons (Fsp3) is 0.316. The summed E-state index contributed by atoms with van der Waals surface area (Å²) in [4.78, 5) is 21.5. The molecular formula is C19H23N3O5. The molecule has 0 radical (unpaired) electrons. The Balaban J connectivity index is 0.000000279. The number of hydrogen-bond acceptors (Lipinski definition) is 5. The lowest BCUT2D eigenvalue weighted by atomic mass is 10.2. The van der Waals surface area contributed by atoms with Crippen LogP contribution in [0.1, 0.15) is 12.8 Å². The summed E-state index contributed by atoms with van der Waals surface area (Å²) in [6.45, 7) is 4.12. The van der Waals surface area contributed by atoms with Gasteiger partial charge in [-0.15, -0.1) is 5.10 Å². The Labute approximate surface area is 157 Å². The van der Waals surface area contributed by atoms with Crippen LogP contribution in [-0.4, -0.2) is 63.5 Å². The number of likely N-dealkylation sites (tertiary alicyclic amines) is 1. The van der Waals surface area contributed by atoms with E-state index in [1.54, 1.807) is 0 Å². The molecule has 27 heavy (non-hydrogen) atoms. The highest BCUT2D eigenvalue weighted by Crippen LogP contribution is 2.20. The lowest BCUT2D eigenvalue weighted by Crippen LogP contribution is -2.25. The normalized spacial score (nSPS) is 13.9. The minimum Gasteiger partial charge on any atom is -0.478 e. The van der Waals surface area contributed by atoms with E-state index in [1.807, 2.05) is 24.3 Å². The monoisotopic (exact) mass is 373 g/mol. The van der Waals surface area contributed by atoms with E-state index in [9.17, 15) is 9.59 Å². The fourth-order valence-corrected chi connectivity index (χ4v) is 2.57. The Morgan fingerprint density at radius 3 is 2.33 bits per heavy atom. The zero-order valence-electron chi connectivity index (χ0n) is 14.9. The third kappa shape index (κ3) is 7.74. The molecule has 2 aromatic rings. The number of benzene rings is 1. The molecule has 0 saturated carbocycles. The van der Waals surface area contributed by atoms with Crippen molar-refractivity contribution in [1.82, 2.24) is 15.1 Å². The molecule has 0 bridgehead atoms. The van der Waals surface area contributed by atoms with E-state index in [0.29, 0.717) is 24.6 Å². The molecule has 144 valence electrons. The van der Waals surface area contributed by atoms with Crippen LogP contribution in [0.25, 0.3) is 11.3 Å². The maximum absolute atomic E-state index is 9.55. The molecule has 0 unspecified atom stereocenters. The van der Waals surface area contributed by atoms with Crippen LogP contribution >= 0.6 is 0 Å². The first-order valence-electron chi connectivity index (χ1n) is 8.64. The van der Waals surface area contributed by atoms with Gasteiger partial charge in [-0.3, -0.25) is 10.00 Å². The number of H-pyrrole nitrogens is 1. The predicted molar refractivity (Wildman–Crippen MR) is 99.6 cm³/mol. The first-order chi connectivity index (χ1) is 13.0. The number of aromatic nitrogens is 2. The van der Waals surface area contributed by atoms with Gasteiger partial charge in [0.15, 0.2) is 0 Å². The quantitative estimate of drug-likeness (QED) is 0.638. The third-order valence-electron chi connectivity index (χ3n) is 3.86. The molecule has 1 saturated heterocycles. The Hall–Kier alpha value is -3.13. The van der Waals surface area contributed by atoms with Crippen LogP contribution in [0.3, 0.4) is 0 Å². The molecule has 2 heterocycles. The van der Waals surface area contributed by atoms with Crippen molar-refractivity contribution in [3.8, 4) is 17.1 Å². The Morgan fingerprint density at radius 1 is 1.11 bits per heavy atom. The third-order valence-corrected chi connectivity index (χ3v) is 3.86. The smallest absolute Gasteiger partial charge is 0.328 e. The van der Waals surface area contributed by atoms with Gasteiger partial charge >= 0.3 is 11.9 Å². The molecule has 3 N–H and O–H groups in total. The topological polar surface area (TPSA) is 116 Å². The van der Waals surface area contributed by atoms with Gasteiger partial charge in [0.25, 0.3) is 0 Å². The standard InChI is InChI=1S/C15H19N3O.C4H4O4/c1-2-6-13(7-3-1)14-12-15(17-16-14)19-11-10-18-8-4-5-9-18;5-3(6)1-2-4(7)8/h1-3,6-7,12H,4-5,8-11H2,(H,16,17);1-2H,(H,5,6)(H,7,8)/b;2-1+. The largest absolute Gasteiger partial charge is 0.478 e. The summed E-state index contributed by atoms with van der Waals surface area (Å²) >= 11 is 0. The fourth-order valence-electron chi connectivity index (χ4n) is 2.57. The highest BCUT2D eigenvalue weighted by Gasteiger charge is 2.11. The zero-order chi connectivity index (χ0) is 19.5. The second-order valence-corrected chi connectivity index (χ2v) is 5.89. The van der Waals surface area contributed by atoms with Crippen molar-refractivity contribution in [2.45, 2.75) is 12.8 Å². The summed E-state index contributed by atoms with van der Waals surface area (Å²) in [5.74, 6) is -1.84. The average molecular weight is 373 g/mol. The second kappa shape index (κ2) is 10.8. The summed E-state index contributed by atoms with van der Waals surface area (Å²) in [7, 11) is 0. The number of ether oxygens (including phenoxy) is 1. The molecule has 1 aromatic carbocycles. The van der Waals surface area contributed by atoms with Gasteiger partial charge in [0, 0.05) is 24.8 Å². The Bertz CT molecular complexity index is 736. The highest BCUT2D eigenvalue weighted by atomic mass is 16.5. The van der Waals surface area contributed by atoms with Gasteiger partial charge in [-0.2, -0.15) is 0 Å². The first-order valence-corrected chi connectivity index (χ1v) is 8.64. The number of carbonyl (C=O) groups is 2. The number of carboxylic acids is 2. The van der Waals surface area contributed by atoms with Crippen LogP contribution in [0.4, 0.5) is 0 Å². The van der Waals surface area contributed by atoms with E-state index in [0.717, 1.165) is 17.8 Å². The van der Waals surface area contributed by atoms with Crippen molar-refractivity contribution >= 4 is 11.9 Å². The van der Waals surface area contributed by atoms with Crippen molar-refractivity contribution in [3.05, 3.63) is 48.6 Å². The van der Waals surface area contributed by atoms with Gasteiger partial charge in [-0.05, 0) is 31.5 Å². The maximum atomic E-state index is 9.55. The van der Waals surface area contributed by atoms with Crippen LogP contribution in [0.15, 0.2) is 48.6 Å². The molecule has 1 aliphatic heterocycles. The minimum atomic E-state index is -1.26. The summed E-state index contributed by atoms with van der Waals surface area (Å²) < 4.78 is 5.69. The molecule has 0 amide bonds. The number of carboxylic acid groups (broad SMARTS) is 2. The summed E-state index contributed by atoms with van der Waals surface area (Å²) in [6.07, 6.45) is 3.76. The molecule has 8 nitrogen and oxygen atoms in total. The molecule has 0 aliphatic carbocycles. The summed E-state index contributed by atoms with van der Waals surface area (Å²) in [5.41, 5.74) is 2.13. The highest BCUT2D eigenvalue weighted by molar-refractivity contribution is 5.89. The molecule has 1 aromatic heterocycles. The second-order valence-electron chi connectivity index (χ2n) is 5.89. The van der Waals surface area contributed by atoms with E-state index >= 15 is 0 Å². The van der Waals surface area contributed by atoms with Gasteiger partial charge in [0.1, 0.15) is 6.61 Å². The molecule has 1 aliphatic rings. The van der Waals surface area contributed by atoms with E-state index in [-0.39, 0.29) is 0 Å². The molecule has 8 heteroatoms. The molecular weight excluding hydrogens is 350 g/mol. The Morgan fingerprint density at radius 2 is 1.74 bits per heavy atom. The van der Waals surface area contributed by atoms with Gasteiger partial charge < -0.3 is 14.9 Å². The molecule has 3 rings (SSSR count). The van der Waals surface area contributed by atoms with Crippen molar-refractivity contribution in [1.29, 1.82) is 0 Å². The molecule has 0 spiro atoms. The minimum absolute atomic E-state index is 0.558. The number of aromatic amines is 1. The molecule has 0 atom stereocenters. The van der Waals surface area contributed by atoms with Crippen LogP contribution in [0, 0.1) is 0 Å². The predicted octanol–water partition coefficient (Wildman–Crippen LogP) is 2.26. The summed E-state index contributed by atoms with van der Waals surface area (Å²) in [5, 5.41) is 22.8. The van der Waals surface area contributed by atoms with Crippen molar-refractivity contribution in [2.24, 2.45) is 0 Å². The lowest BCUT2D eigenvalue weighted by Gasteiger charge is -2.13. The van der Waals surface area contributed by atoms with Crippen molar-refractivity contribution in [3.63, 3.8) is 0 Å².